The van der Waals surface area contributed by atoms with Gasteiger partial charge in [0, 0.05) is 25.2 Å². The topological polar surface area (TPSA) is 80.7 Å². The highest BCUT2D eigenvalue weighted by Gasteiger charge is 2.27. The summed E-state index contributed by atoms with van der Waals surface area (Å²) in [6, 6.07) is 0. The molecular formula is C26H38O5. The van der Waals surface area contributed by atoms with Gasteiger partial charge >= 0.3 is 5.97 Å². The summed E-state index contributed by atoms with van der Waals surface area (Å²) in [5.74, 6) is -0.466. The van der Waals surface area contributed by atoms with Crippen LogP contribution in [0.1, 0.15) is 72.1 Å². The molecule has 0 saturated heterocycles. The van der Waals surface area contributed by atoms with E-state index in [-0.39, 0.29) is 30.0 Å². The average Bonchev–Trinajstić information content (AvgIpc) is 3.06. The predicted octanol–water partition coefficient (Wildman–Crippen LogP) is 5.05. The molecule has 0 bridgehead atoms. The third-order valence-electron chi connectivity index (χ3n) is 5.22. The van der Waals surface area contributed by atoms with E-state index in [1.54, 1.807) is 13.0 Å². The molecule has 3 atom stereocenters. The zero-order valence-corrected chi connectivity index (χ0v) is 19.2. The Morgan fingerprint density at radius 1 is 1.16 bits per heavy atom. The van der Waals surface area contributed by atoms with Crippen LogP contribution in [0.25, 0.3) is 0 Å². The monoisotopic (exact) mass is 430 g/mol. The summed E-state index contributed by atoms with van der Waals surface area (Å²) in [5, 5.41) is 10.4. The third kappa shape index (κ3) is 12.2. The van der Waals surface area contributed by atoms with Crippen LogP contribution < -0.4 is 0 Å². The smallest absolute Gasteiger partial charge is 0.303 e. The first-order chi connectivity index (χ1) is 14.7. The van der Waals surface area contributed by atoms with Crippen molar-refractivity contribution in [2.75, 3.05) is 6.61 Å². The maximum Gasteiger partial charge on any atom is 0.303 e. The summed E-state index contributed by atoms with van der Waals surface area (Å²) >= 11 is 0. The Morgan fingerprint density at radius 3 is 2.61 bits per heavy atom. The van der Waals surface area contributed by atoms with E-state index in [1.165, 1.54) is 6.92 Å². The molecule has 0 spiro atoms. The van der Waals surface area contributed by atoms with Gasteiger partial charge in [0.2, 0.25) is 0 Å². The number of allylic oxidation sites excluding steroid dienone is 6. The van der Waals surface area contributed by atoms with Crippen LogP contribution >= 0.6 is 0 Å². The van der Waals surface area contributed by atoms with E-state index >= 15 is 0 Å². The van der Waals surface area contributed by atoms with Gasteiger partial charge in [-0.15, -0.1) is 0 Å². The normalized spacial score (nSPS) is 20.8. The molecule has 5 heteroatoms. The minimum Gasteiger partial charge on any atom is -0.458 e. The maximum atomic E-state index is 12.2. The SMILES string of the molecule is CCCCC=CC(C)(O)C/C=C/[C@H]1C=CC(=O)[C@@H]1C/C=C\CCCC(=O)COC(C)=O. The lowest BCUT2D eigenvalue weighted by Gasteiger charge is -2.17. The van der Waals surface area contributed by atoms with Gasteiger partial charge in [-0.25, -0.2) is 0 Å². The van der Waals surface area contributed by atoms with Crippen LogP contribution in [0.3, 0.4) is 0 Å². The molecule has 1 unspecified atom stereocenters. The Labute approximate surface area is 186 Å². The van der Waals surface area contributed by atoms with E-state index in [0.717, 1.165) is 25.7 Å². The number of rotatable bonds is 15. The molecule has 0 aromatic heterocycles. The quantitative estimate of drug-likeness (QED) is 0.223. The molecule has 31 heavy (non-hydrogen) atoms. The van der Waals surface area contributed by atoms with Gasteiger partial charge in [0.25, 0.3) is 0 Å². The molecule has 172 valence electrons. The molecule has 0 amide bonds. The summed E-state index contributed by atoms with van der Waals surface area (Å²) in [6.45, 7) is 5.07. The molecule has 0 fully saturated rings. The predicted molar refractivity (Wildman–Crippen MR) is 123 cm³/mol. The Hall–Kier alpha value is -2.27. The van der Waals surface area contributed by atoms with Crippen LogP contribution in [-0.2, 0) is 19.1 Å². The van der Waals surface area contributed by atoms with E-state index in [1.807, 2.05) is 42.5 Å². The van der Waals surface area contributed by atoms with Crippen molar-refractivity contribution in [1.82, 2.24) is 0 Å². The molecule has 1 N–H and O–H groups in total. The van der Waals surface area contributed by atoms with Crippen LogP contribution in [0, 0.1) is 11.8 Å². The lowest BCUT2D eigenvalue weighted by Crippen LogP contribution is -2.19. The minimum absolute atomic E-state index is 0.0438. The maximum absolute atomic E-state index is 12.2. The molecule has 1 rings (SSSR count). The molecule has 1 aliphatic rings. The van der Waals surface area contributed by atoms with Gasteiger partial charge in [-0.2, -0.15) is 0 Å². The minimum atomic E-state index is -0.876. The van der Waals surface area contributed by atoms with Crippen molar-refractivity contribution in [3.05, 3.63) is 48.6 Å². The summed E-state index contributed by atoms with van der Waals surface area (Å²) in [7, 11) is 0. The van der Waals surface area contributed by atoms with Gasteiger partial charge in [0.05, 0.1) is 5.60 Å². The number of carbonyl (C=O) groups excluding carboxylic acids is 3. The van der Waals surface area contributed by atoms with E-state index in [9.17, 15) is 19.5 Å². The van der Waals surface area contributed by atoms with Crippen LogP contribution in [0.5, 0.6) is 0 Å². The standard InChI is InChI=1S/C26H38O5/c1-4-5-6-11-18-26(3,30)19-12-13-22-16-17-25(29)24(22)15-10-8-7-9-14-23(28)20-31-21(2)27/h8,10-13,16-18,22,24,30H,4-7,9,14-15,19-20H2,1-3H3/b10-8-,13-12+,18-11?/t22-,24+,26?/m0/s1. The molecule has 0 radical (unpaired) electrons. The summed E-state index contributed by atoms with van der Waals surface area (Å²) < 4.78 is 4.68. The number of unbranched alkanes of at least 4 members (excludes halogenated alkanes) is 3. The number of ether oxygens (including phenoxy) is 1. The summed E-state index contributed by atoms with van der Waals surface area (Å²) in [4.78, 5) is 34.4. The van der Waals surface area contributed by atoms with Gasteiger partial charge in [-0.3, -0.25) is 14.4 Å². The third-order valence-corrected chi connectivity index (χ3v) is 5.22. The van der Waals surface area contributed by atoms with Crippen molar-refractivity contribution in [2.45, 2.75) is 77.7 Å². The Morgan fingerprint density at radius 2 is 1.90 bits per heavy atom. The zero-order chi connectivity index (χ0) is 23.1. The van der Waals surface area contributed by atoms with Crippen LogP contribution in [0.2, 0.25) is 0 Å². The second kappa shape index (κ2) is 14.7. The molecule has 1 aliphatic carbocycles. The zero-order valence-electron chi connectivity index (χ0n) is 19.2. The number of hydrogen-bond acceptors (Lipinski definition) is 5. The fourth-order valence-electron chi connectivity index (χ4n) is 3.35. The van der Waals surface area contributed by atoms with Crippen molar-refractivity contribution >= 4 is 17.5 Å². The van der Waals surface area contributed by atoms with Gasteiger partial charge in [-0.1, -0.05) is 62.3 Å². The van der Waals surface area contributed by atoms with E-state index in [2.05, 4.69) is 11.7 Å². The largest absolute Gasteiger partial charge is 0.458 e. The lowest BCUT2D eigenvalue weighted by atomic mass is 9.90. The van der Waals surface area contributed by atoms with E-state index in [4.69, 9.17) is 0 Å². The Balaban J connectivity index is 2.38. The highest BCUT2D eigenvalue weighted by molar-refractivity contribution is 5.95. The fraction of sp³-hybridized carbons (Fsp3) is 0.577. The van der Waals surface area contributed by atoms with Crippen molar-refractivity contribution in [3.8, 4) is 0 Å². The number of hydrogen-bond donors (Lipinski definition) is 1. The average molecular weight is 431 g/mol. The van der Waals surface area contributed by atoms with Crippen molar-refractivity contribution in [3.63, 3.8) is 0 Å². The summed E-state index contributed by atoms with van der Waals surface area (Å²) in [6.07, 6.45) is 21.6. The molecule has 0 saturated carbocycles. The van der Waals surface area contributed by atoms with Gasteiger partial charge in [0.15, 0.2) is 11.6 Å². The first kappa shape index (κ1) is 26.8. The van der Waals surface area contributed by atoms with Gasteiger partial charge in [-0.05, 0) is 45.1 Å². The van der Waals surface area contributed by atoms with Gasteiger partial charge in [0.1, 0.15) is 6.61 Å². The fourth-order valence-corrected chi connectivity index (χ4v) is 3.35. The molecule has 0 aromatic carbocycles. The number of ketones is 2. The molecule has 0 aromatic rings. The number of esters is 1. The highest BCUT2D eigenvalue weighted by Crippen LogP contribution is 2.28. The molecule has 0 aliphatic heterocycles. The van der Waals surface area contributed by atoms with Crippen LogP contribution in [-0.4, -0.2) is 34.9 Å². The van der Waals surface area contributed by atoms with E-state index < -0.39 is 11.6 Å². The lowest BCUT2D eigenvalue weighted by molar-refractivity contribution is -0.145. The summed E-state index contributed by atoms with van der Waals surface area (Å²) in [5.41, 5.74) is -0.876. The van der Waals surface area contributed by atoms with Crippen LogP contribution in [0.15, 0.2) is 48.6 Å². The van der Waals surface area contributed by atoms with Crippen LogP contribution in [0.4, 0.5) is 0 Å². The van der Waals surface area contributed by atoms with Crippen molar-refractivity contribution in [2.24, 2.45) is 11.8 Å². The van der Waals surface area contributed by atoms with Gasteiger partial charge < -0.3 is 9.84 Å². The Bertz CT molecular complexity index is 697. The first-order valence-corrected chi connectivity index (χ1v) is 11.3. The number of Topliss-reactive ketones (excluding diaryl/α,β-unsaturated/α-hetero) is 1. The highest BCUT2D eigenvalue weighted by atomic mass is 16.5. The first-order valence-electron chi connectivity index (χ1n) is 11.3. The van der Waals surface area contributed by atoms with Crippen molar-refractivity contribution in [1.29, 1.82) is 0 Å². The second-order valence-electron chi connectivity index (χ2n) is 8.40. The van der Waals surface area contributed by atoms with Crippen molar-refractivity contribution < 1.29 is 24.2 Å². The number of aliphatic hydroxyl groups is 1. The molecular weight excluding hydrogens is 392 g/mol. The number of carbonyl (C=O) groups is 3. The van der Waals surface area contributed by atoms with E-state index in [0.29, 0.717) is 25.7 Å². The second-order valence-corrected chi connectivity index (χ2v) is 8.40. The molecule has 0 heterocycles. The molecule has 5 nitrogen and oxygen atoms in total. The Kier molecular flexibility index (Phi) is 12.7.